The molecular weight excluding hydrogens is 685 g/mol. The Morgan fingerprint density at radius 2 is 1.36 bits per heavy atom. The molecule has 1 radical (unpaired) electrons. The summed E-state index contributed by atoms with van der Waals surface area (Å²) in [5, 5.41) is 46.3. The van der Waals surface area contributed by atoms with Gasteiger partial charge in [0.05, 0.1) is 48.8 Å². The minimum absolute atomic E-state index is 0. The van der Waals surface area contributed by atoms with Gasteiger partial charge in [0.15, 0.2) is 6.29 Å². The van der Waals surface area contributed by atoms with Crippen LogP contribution in [0.4, 0.5) is 5.82 Å². The zero-order valence-corrected chi connectivity index (χ0v) is 25.8. The van der Waals surface area contributed by atoms with Crippen molar-refractivity contribution in [2.75, 3.05) is 13.2 Å². The van der Waals surface area contributed by atoms with E-state index in [1.54, 1.807) is 12.3 Å². The molecule has 2 aromatic heterocycles. The molecule has 11 heteroatoms. The van der Waals surface area contributed by atoms with Gasteiger partial charge in [0.2, 0.25) is 0 Å². The molecule has 0 amide bonds. The molecule has 0 aliphatic rings. The maximum atomic E-state index is 10.8. The first-order valence-corrected chi connectivity index (χ1v) is 11.1. The number of nitrogens with zero attached hydrogens (tertiary/aromatic N) is 3. The van der Waals surface area contributed by atoms with Crippen molar-refractivity contribution in [1.29, 1.82) is 0 Å². The fourth-order valence-corrected chi connectivity index (χ4v) is 2.87. The van der Waals surface area contributed by atoms with Crippen molar-refractivity contribution in [3.63, 3.8) is 0 Å². The number of aliphatic hydroxyl groups is 4. The molecule has 4 N–H and O–H groups in total. The number of hydrogen-bond donors (Lipinski definition) is 4. The van der Waals surface area contributed by atoms with E-state index in [1.807, 2.05) is 38.5 Å². The van der Waals surface area contributed by atoms with E-state index in [4.69, 9.17) is 20.4 Å². The fourth-order valence-electron chi connectivity index (χ4n) is 2.87. The summed E-state index contributed by atoms with van der Waals surface area (Å²) in [6, 6.07) is 3.29. The molecule has 0 bridgehead atoms. The van der Waals surface area contributed by atoms with Crippen molar-refractivity contribution in [3.8, 4) is 23.7 Å². The van der Waals surface area contributed by atoms with E-state index in [2.05, 4.69) is 23.7 Å². The third-order valence-electron chi connectivity index (χ3n) is 4.69. The van der Waals surface area contributed by atoms with Gasteiger partial charge in [-0.25, -0.2) is 4.57 Å². The molecule has 0 fully saturated rings. The summed E-state index contributed by atoms with van der Waals surface area (Å²) in [4.78, 5) is 21.2. The summed E-state index contributed by atoms with van der Waals surface area (Å²) >= 11 is 0. The molecule has 0 aliphatic heterocycles. The maximum Gasteiger partial charge on any atom is 0.324 e. The monoisotopic (exact) mass is 718 g/mol. The van der Waals surface area contributed by atoms with Crippen LogP contribution in [0.15, 0.2) is 24.5 Å². The molecule has 2 rings (SSSR count). The van der Waals surface area contributed by atoms with Crippen LogP contribution < -0.4 is 0 Å². The number of hydrogen-bond acceptors (Lipinski definition) is 7. The number of rotatable bonds is 8. The summed E-state index contributed by atoms with van der Waals surface area (Å²) in [7, 11) is 0. The molecule has 10 nitrogen and oxygen atoms in total. The van der Waals surface area contributed by atoms with Crippen LogP contribution in [0, 0.1) is 66.1 Å². The Morgan fingerprint density at radius 3 is 1.69 bits per heavy atom. The number of aliphatic hydroxyl groups excluding tert-OH is 4. The van der Waals surface area contributed by atoms with Crippen LogP contribution in [-0.2, 0) is 0 Å². The van der Waals surface area contributed by atoms with Crippen molar-refractivity contribution in [3.05, 3.63) is 51.5 Å². The summed E-state index contributed by atoms with van der Waals surface area (Å²) < 4.78 is 3.38. The molecular formula is C25H33N3O7Pa. The quantitative estimate of drug-likeness (QED) is 0.141. The van der Waals surface area contributed by atoms with E-state index in [9.17, 15) is 14.9 Å². The number of nitro groups is 1. The summed E-state index contributed by atoms with van der Waals surface area (Å²) in [6.45, 7) is 7.03. The number of aromatic nitrogens is 2. The average Bonchev–Trinajstić information content (AvgIpc) is 3.44. The second-order valence-electron chi connectivity index (χ2n) is 8.30. The Hall–Kier alpha value is -2.32. The van der Waals surface area contributed by atoms with E-state index >= 15 is 0 Å². The fraction of sp³-hybridized carbons (Fsp3) is 0.480. The van der Waals surface area contributed by atoms with E-state index in [1.165, 1.54) is 10.6 Å². The number of carbonyl (C=O) groups is 1. The zero-order valence-electron chi connectivity index (χ0n) is 21.0. The molecule has 2 heterocycles. The minimum atomic E-state index is -0.875. The largest absolute Gasteiger partial charge is 0.394 e. The van der Waals surface area contributed by atoms with Crippen LogP contribution >= 0.6 is 0 Å². The van der Waals surface area contributed by atoms with Crippen LogP contribution in [0.1, 0.15) is 74.2 Å². The van der Waals surface area contributed by atoms with Gasteiger partial charge in [0, 0.05) is 63.0 Å². The molecule has 0 saturated carbocycles. The molecule has 0 aliphatic carbocycles. The Balaban J connectivity index is 0.000000663. The van der Waals surface area contributed by atoms with Crippen LogP contribution in [0.5, 0.6) is 0 Å². The van der Waals surface area contributed by atoms with E-state index in [-0.39, 0.29) is 76.3 Å². The smallest absolute Gasteiger partial charge is 0.324 e. The molecule has 2 unspecified atom stereocenters. The second-order valence-corrected chi connectivity index (χ2v) is 8.30. The Kier molecular flexibility index (Phi) is 16.1. The molecule has 0 aromatic carbocycles. The first kappa shape index (κ1) is 33.7. The van der Waals surface area contributed by atoms with Crippen LogP contribution in [0.2, 0.25) is 0 Å². The van der Waals surface area contributed by atoms with E-state index in [0.717, 1.165) is 11.8 Å². The SMILES string of the molecule is CC(C)n1cc(C#CCC(O)CO)cc1C=O.CC(C)n1cc(C#CCC(O)CO)cc1[N+](=O)[O-].[Pa]. The Labute approximate surface area is 236 Å². The summed E-state index contributed by atoms with van der Waals surface area (Å²) in [5.74, 6) is 11.0. The standard InChI is InChI=1S/C13H17NO3.C12H16N2O4.Pa/c1-10(2)14-7-11(6-12(14)8-15)4-3-5-13(17)9-16;1-9(2)13-7-10(6-12(13)14(17)18)4-3-5-11(16)8-15;/h6-8,10,13,16-17H,5,9H2,1-2H3;6-7,9,11,15-16H,5,8H2,1-2H3;. The Bertz CT molecular complexity index is 1100. The molecule has 2 atom stereocenters. The van der Waals surface area contributed by atoms with Gasteiger partial charge in [-0.3, -0.25) is 4.79 Å². The van der Waals surface area contributed by atoms with Gasteiger partial charge >= 0.3 is 5.82 Å². The van der Waals surface area contributed by atoms with Crippen molar-refractivity contribution in [1.82, 2.24) is 9.13 Å². The predicted octanol–water partition coefficient (Wildman–Crippen LogP) is 2.05. The first-order chi connectivity index (χ1) is 16.5. The first-order valence-electron chi connectivity index (χ1n) is 11.1. The summed E-state index contributed by atoms with van der Waals surface area (Å²) in [5.41, 5.74) is 1.86. The van der Waals surface area contributed by atoms with E-state index < -0.39 is 17.1 Å². The van der Waals surface area contributed by atoms with Crippen LogP contribution in [0.25, 0.3) is 0 Å². The van der Waals surface area contributed by atoms with Gasteiger partial charge < -0.3 is 35.1 Å². The van der Waals surface area contributed by atoms with Gasteiger partial charge in [-0.15, -0.1) is 0 Å². The topological polar surface area (TPSA) is 151 Å². The van der Waals surface area contributed by atoms with E-state index in [0.29, 0.717) is 11.3 Å². The molecule has 0 spiro atoms. The van der Waals surface area contributed by atoms with Gasteiger partial charge in [-0.2, -0.15) is 0 Å². The molecule has 2 aromatic rings. The molecule has 36 heavy (non-hydrogen) atoms. The second kappa shape index (κ2) is 17.2. The van der Waals surface area contributed by atoms with Gasteiger partial charge in [0.25, 0.3) is 0 Å². The van der Waals surface area contributed by atoms with Crippen molar-refractivity contribution in [2.45, 2.75) is 64.8 Å². The number of carbonyl (C=O) groups excluding carboxylic acids is 1. The zero-order chi connectivity index (χ0) is 26.5. The van der Waals surface area contributed by atoms with Gasteiger partial charge in [-0.05, 0) is 38.7 Å². The van der Waals surface area contributed by atoms with Crippen LogP contribution in [0.3, 0.4) is 0 Å². The number of aldehydes is 1. The van der Waals surface area contributed by atoms with Crippen molar-refractivity contribution < 1.29 is 62.5 Å². The van der Waals surface area contributed by atoms with Crippen molar-refractivity contribution >= 4 is 12.1 Å². The minimum Gasteiger partial charge on any atom is -0.394 e. The van der Waals surface area contributed by atoms with Crippen molar-refractivity contribution in [2.24, 2.45) is 0 Å². The third-order valence-corrected chi connectivity index (χ3v) is 4.69. The Morgan fingerprint density at radius 1 is 0.917 bits per heavy atom. The van der Waals surface area contributed by atoms with Crippen LogP contribution in [-0.4, -0.2) is 66.2 Å². The maximum absolute atomic E-state index is 10.8. The predicted molar refractivity (Wildman–Crippen MR) is 131 cm³/mol. The molecule has 0 saturated heterocycles. The third kappa shape index (κ3) is 11.2. The average molecular weight is 719 g/mol. The van der Waals surface area contributed by atoms with Gasteiger partial charge in [-0.1, -0.05) is 23.7 Å². The molecule has 193 valence electrons. The summed E-state index contributed by atoms with van der Waals surface area (Å²) in [6.07, 6.45) is 2.90. The normalized spacial score (nSPS) is 11.7. The van der Waals surface area contributed by atoms with Gasteiger partial charge in [0.1, 0.15) is 6.20 Å².